The Kier molecular flexibility index (Phi) is 7.34. The maximum Gasteiger partial charge on any atom is 0.324 e. The van der Waals surface area contributed by atoms with Gasteiger partial charge in [-0.15, -0.1) is 0 Å². The van der Waals surface area contributed by atoms with Gasteiger partial charge in [0, 0.05) is 26.2 Å². The van der Waals surface area contributed by atoms with E-state index in [2.05, 4.69) is 27.9 Å². The zero-order valence-corrected chi connectivity index (χ0v) is 14.9. The van der Waals surface area contributed by atoms with E-state index in [0.717, 1.165) is 18.3 Å². The largest absolute Gasteiger partial charge is 0.355 e. The van der Waals surface area contributed by atoms with E-state index in [1.807, 2.05) is 0 Å². The Labute approximate surface area is 144 Å². The summed E-state index contributed by atoms with van der Waals surface area (Å²) in [6, 6.07) is 0.0421. The van der Waals surface area contributed by atoms with Crippen LogP contribution in [0, 0.1) is 5.92 Å². The van der Waals surface area contributed by atoms with Crippen molar-refractivity contribution in [2.24, 2.45) is 10.9 Å². The number of hydrogen-bond acceptors (Lipinski definition) is 3. The average molecular weight is 337 g/mol. The van der Waals surface area contributed by atoms with Crippen LogP contribution in [0.4, 0.5) is 4.79 Å². The third-order valence-corrected chi connectivity index (χ3v) is 4.90. The van der Waals surface area contributed by atoms with E-state index in [-0.39, 0.29) is 18.5 Å². The smallest absolute Gasteiger partial charge is 0.324 e. The molecule has 2 aliphatic rings. The highest BCUT2D eigenvalue weighted by molar-refractivity contribution is 6.01. The molecule has 0 radical (unpaired) electrons. The Morgan fingerprint density at radius 3 is 2.71 bits per heavy atom. The molecule has 2 rings (SSSR count). The van der Waals surface area contributed by atoms with Crippen LogP contribution in [0.25, 0.3) is 0 Å². The summed E-state index contributed by atoms with van der Waals surface area (Å²) in [7, 11) is 1.73. The number of carbonyl (C=O) groups is 2. The van der Waals surface area contributed by atoms with Crippen molar-refractivity contribution in [1.82, 2.24) is 20.9 Å². The normalized spacial score (nSPS) is 20.9. The number of rotatable bonds is 7. The highest BCUT2D eigenvalue weighted by Gasteiger charge is 2.27. The van der Waals surface area contributed by atoms with Crippen molar-refractivity contribution in [1.29, 1.82) is 0 Å². The lowest BCUT2D eigenvalue weighted by Gasteiger charge is -2.24. The van der Waals surface area contributed by atoms with Gasteiger partial charge in [-0.3, -0.25) is 14.7 Å². The van der Waals surface area contributed by atoms with E-state index in [1.54, 1.807) is 7.05 Å². The minimum atomic E-state index is -0.314. The summed E-state index contributed by atoms with van der Waals surface area (Å²) in [5.74, 6) is 1.43. The Hall–Kier alpha value is -1.79. The molecule has 1 heterocycles. The first-order valence-electron chi connectivity index (χ1n) is 9.15. The first-order valence-corrected chi connectivity index (χ1v) is 9.15. The topological polar surface area (TPSA) is 85.8 Å². The number of hydrogen-bond donors (Lipinski definition) is 3. The third-order valence-electron chi connectivity index (χ3n) is 4.90. The van der Waals surface area contributed by atoms with Gasteiger partial charge in [-0.05, 0) is 25.7 Å². The predicted molar refractivity (Wildman–Crippen MR) is 94.9 cm³/mol. The summed E-state index contributed by atoms with van der Waals surface area (Å²) in [6.45, 7) is 3.12. The Morgan fingerprint density at radius 2 is 2.08 bits per heavy atom. The monoisotopic (exact) mass is 337 g/mol. The lowest BCUT2D eigenvalue weighted by molar-refractivity contribution is -0.124. The molecule has 0 spiro atoms. The van der Waals surface area contributed by atoms with Crippen LogP contribution in [0.1, 0.15) is 51.9 Å². The van der Waals surface area contributed by atoms with Crippen LogP contribution in [0.2, 0.25) is 0 Å². The van der Waals surface area contributed by atoms with Gasteiger partial charge in [0.2, 0.25) is 5.91 Å². The molecular formula is C17H31N5O2. The average Bonchev–Trinajstić information content (AvgIpc) is 2.91. The molecule has 2 fully saturated rings. The summed E-state index contributed by atoms with van der Waals surface area (Å²) < 4.78 is 0. The van der Waals surface area contributed by atoms with E-state index >= 15 is 0 Å². The van der Waals surface area contributed by atoms with E-state index in [0.29, 0.717) is 19.1 Å². The van der Waals surface area contributed by atoms with Crippen LogP contribution in [0.5, 0.6) is 0 Å². The number of urea groups is 1. The third kappa shape index (κ3) is 5.69. The molecular weight excluding hydrogens is 306 g/mol. The predicted octanol–water partition coefficient (Wildman–Crippen LogP) is 1.45. The summed E-state index contributed by atoms with van der Waals surface area (Å²) in [4.78, 5) is 28.4. The van der Waals surface area contributed by atoms with Crippen molar-refractivity contribution in [3.8, 4) is 0 Å². The van der Waals surface area contributed by atoms with Crippen LogP contribution >= 0.6 is 0 Å². The van der Waals surface area contributed by atoms with Gasteiger partial charge in [0.15, 0.2) is 5.96 Å². The number of nitrogens with zero attached hydrogens (tertiary/aromatic N) is 2. The lowest BCUT2D eigenvalue weighted by Crippen LogP contribution is -2.45. The van der Waals surface area contributed by atoms with Crippen LogP contribution in [0.3, 0.4) is 0 Å². The highest BCUT2D eigenvalue weighted by atomic mass is 16.2. The molecule has 0 aromatic rings. The second-order valence-electron chi connectivity index (χ2n) is 6.83. The molecule has 0 aromatic heterocycles. The Balaban J connectivity index is 1.63. The van der Waals surface area contributed by atoms with E-state index < -0.39 is 0 Å². The van der Waals surface area contributed by atoms with E-state index in [4.69, 9.17) is 0 Å². The summed E-state index contributed by atoms with van der Waals surface area (Å²) in [5, 5.41) is 9.08. The van der Waals surface area contributed by atoms with Crippen molar-refractivity contribution in [2.75, 3.05) is 26.7 Å². The number of guanidine groups is 1. The van der Waals surface area contributed by atoms with Crippen LogP contribution in [0.15, 0.2) is 4.99 Å². The number of imide groups is 1. The molecule has 24 heavy (non-hydrogen) atoms. The number of carbonyl (C=O) groups excluding carboxylic acids is 2. The Bertz CT molecular complexity index is 444. The van der Waals surface area contributed by atoms with Gasteiger partial charge in [0.05, 0.1) is 6.54 Å². The summed E-state index contributed by atoms with van der Waals surface area (Å²) >= 11 is 0. The molecule has 136 valence electrons. The quantitative estimate of drug-likeness (QED) is 0.373. The lowest BCUT2D eigenvalue weighted by atomic mass is 9.85. The van der Waals surface area contributed by atoms with Crippen LogP contribution < -0.4 is 16.0 Å². The highest BCUT2D eigenvalue weighted by Crippen LogP contribution is 2.27. The van der Waals surface area contributed by atoms with Gasteiger partial charge in [-0.1, -0.05) is 32.1 Å². The molecule has 1 aliphatic carbocycles. The van der Waals surface area contributed by atoms with Gasteiger partial charge < -0.3 is 16.0 Å². The van der Waals surface area contributed by atoms with Crippen molar-refractivity contribution >= 4 is 17.9 Å². The number of nitrogens with one attached hydrogen (secondary N) is 3. The minimum Gasteiger partial charge on any atom is -0.355 e. The zero-order chi connectivity index (χ0) is 17.4. The van der Waals surface area contributed by atoms with E-state index in [1.165, 1.54) is 43.4 Å². The summed E-state index contributed by atoms with van der Waals surface area (Å²) in [6.07, 6.45) is 9.35. The molecule has 1 unspecified atom stereocenters. The zero-order valence-electron chi connectivity index (χ0n) is 14.9. The van der Waals surface area contributed by atoms with Gasteiger partial charge in [-0.2, -0.15) is 0 Å². The molecule has 1 atom stereocenters. The minimum absolute atomic E-state index is 0.101. The second-order valence-corrected chi connectivity index (χ2v) is 6.83. The van der Waals surface area contributed by atoms with Crippen LogP contribution in [-0.2, 0) is 4.79 Å². The molecule has 0 bridgehead atoms. The van der Waals surface area contributed by atoms with Gasteiger partial charge in [0.1, 0.15) is 0 Å². The fraction of sp³-hybridized carbons (Fsp3) is 0.824. The number of aliphatic imine (C=N–C) groups is 1. The fourth-order valence-corrected chi connectivity index (χ4v) is 3.43. The Morgan fingerprint density at radius 1 is 1.33 bits per heavy atom. The molecule has 0 aromatic carbocycles. The maximum atomic E-state index is 11.5. The molecule has 1 aliphatic heterocycles. The summed E-state index contributed by atoms with van der Waals surface area (Å²) in [5.41, 5.74) is 0. The molecule has 1 saturated heterocycles. The first kappa shape index (κ1) is 18.5. The second kappa shape index (κ2) is 9.49. The first-order chi connectivity index (χ1) is 11.6. The fourth-order valence-electron chi connectivity index (χ4n) is 3.43. The van der Waals surface area contributed by atoms with Gasteiger partial charge in [-0.25, -0.2) is 4.79 Å². The SMILES string of the molecule is CN=C(NCCN1C(=O)CNC1=O)NC(C)CCC1CCCCC1. The van der Waals surface area contributed by atoms with Crippen molar-refractivity contribution < 1.29 is 9.59 Å². The standard InChI is InChI=1S/C17H31N5O2/c1-13(8-9-14-6-4-3-5-7-14)21-16(18-2)19-10-11-22-15(23)12-20-17(22)24/h13-14H,3-12H2,1-2H3,(H,20,24)(H2,18,19,21). The molecule has 3 N–H and O–H groups in total. The molecule has 1 saturated carbocycles. The van der Waals surface area contributed by atoms with Crippen molar-refractivity contribution in [3.63, 3.8) is 0 Å². The number of amides is 3. The molecule has 3 amide bonds. The van der Waals surface area contributed by atoms with Crippen molar-refractivity contribution in [3.05, 3.63) is 0 Å². The van der Waals surface area contributed by atoms with Gasteiger partial charge in [0.25, 0.3) is 0 Å². The van der Waals surface area contributed by atoms with Gasteiger partial charge >= 0.3 is 6.03 Å². The maximum absolute atomic E-state index is 11.5. The van der Waals surface area contributed by atoms with Crippen LogP contribution in [-0.4, -0.2) is 55.5 Å². The van der Waals surface area contributed by atoms with Crippen molar-refractivity contribution in [2.45, 2.75) is 57.9 Å². The van der Waals surface area contributed by atoms with E-state index in [9.17, 15) is 9.59 Å². The molecule has 7 heteroatoms. The molecule has 7 nitrogen and oxygen atoms in total.